The first-order valence-electron chi connectivity index (χ1n) is 9.96. The molecule has 0 unspecified atom stereocenters. The SMILES string of the molecule is CCOC(=O)c1cnn(-c2cc(C)c3cccc(OC)c3n2)c1NC(=O)CCC(=O)OC. The summed E-state index contributed by atoms with van der Waals surface area (Å²) >= 11 is 0. The average Bonchev–Trinajstić information content (AvgIpc) is 3.20. The molecule has 0 aliphatic heterocycles. The van der Waals surface area contributed by atoms with Crippen LogP contribution in [0.4, 0.5) is 5.82 Å². The molecule has 0 aliphatic rings. The van der Waals surface area contributed by atoms with Gasteiger partial charge in [0.15, 0.2) is 11.6 Å². The number of nitrogens with zero attached hydrogens (tertiary/aromatic N) is 3. The summed E-state index contributed by atoms with van der Waals surface area (Å²) in [4.78, 5) is 40.9. The molecule has 0 saturated heterocycles. The summed E-state index contributed by atoms with van der Waals surface area (Å²) in [5.74, 6) is -0.597. The smallest absolute Gasteiger partial charge is 0.343 e. The molecule has 0 radical (unpaired) electrons. The number of pyridine rings is 1. The summed E-state index contributed by atoms with van der Waals surface area (Å²) in [6.45, 7) is 3.75. The van der Waals surface area contributed by atoms with Crippen molar-refractivity contribution in [3.63, 3.8) is 0 Å². The highest BCUT2D eigenvalue weighted by atomic mass is 16.5. The summed E-state index contributed by atoms with van der Waals surface area (Å²) in [5, 5.41) is 7.82. The topological polar surface area (TPSA) is 122 Å². The number of nitrogens with one attached hydrogen (secondary N) is 1. The molecule has 10 heteroatoms. The molecule has 0 aliphatic carbocycles. The van der Waals surface area contributed by atoms with Gasteiger partial charge >= 0.3 is 11.9 Å². The number of aromatic nitrogens is 3. The molecule has 3 rings (SSSR count). The van der Waals surface area contributed by atoms with E-state index in [-0.39, 0.29) is 30.8 Å². The van der Waals surface area contributed by atoms with E-state index in [2.05, 4.69) is 20.1 Å². The van der Waals surface area contributed by atoms with Crippen LogP contribution in [0, 0.1) is 6.92 Å². The van der Waals surface area contributed by atoms with Crippen LogP contribution in [-0.4, -0.2) is 53.4 Å². The predicted octanol–water partition coefficient (Wildman–Crippen LogP) is 2.81. The van der Waals surface area contributed by atoms with Gasteiger partial charge in [-0.15, -0.1) is 0 Å². The van der Waals surface area contributed by atoms with Crippen LogP contribution in [-0.2, 0) is 19.1 Å². The fourth-order valence-electron chi connectivity index (χ4n) is 3.16. The fraction of sp³-hybridized carbons (Fsp3) is 0.318. The summed E-state index contributed by atoms with van der Waals surface area (Å²) in [5.41, 5.74) is 1.58. The van der Waals surface area contributed by atoms with E-state index in [1.165, 1.54) is 18.0 Å². The third-order valence-corrected chi connectivity index (χ3v) is 4.74. The van der Waals surface area contributed by atoms with E-state index in [9.17, 15) is 14.4 Å². The maximum absolute atomic E-state index is 12.5. The lowest BCUT2D eigenvalue weighted by atomic mass is 10.1. The van der Waals surface area contributed by atoms with Crippen molar-refractivity contribution in [2.75, 3.05) is 26.1 Å². The van der Waals surface area contributed by atoms with Gasteiger partial charge in [-0.2, -0.15) is 9.78 Å². The standard InChI is InChI=1S/C22H24N4O6/c1-5-32-22(29)15-12-23-26(21(15)25-18(27)9-10-19(28)31-4)17-11-13(2)14-7-6-8-16(30-3)20(14)24-17/h6-8,11-12H,5,9-10H2,1-4H3,(H,25,27). The Morgan fingerprint density at radius 1 is 1.16 bits per heavy atom. The Morgan fingerprint density at radius 2 is 1.94 bits per heavy atom. The molecule has 168 valence electrons. The number of carbonyl (C=O) groups excluding carboxylic acids is 3. The molecule has 32 heavy (non-hydrogen) atoms. The second-order valence-electron chi connectivity index (χ2n) is 6.82. The van der Waals surface area contributed by atoms with E-state index in [1.807, 2.05) is 19.1 Å². The number of ether oxygens (including phenoxy) is 3. The minimum atomic E-state index is -0.642. The van der Waals surface area contributed by atoms with Crippen LogP contribution in [0.3, 0.4) is 0 Å². The number of methoxy groups -OCH3 is 2. The quantitative estimate of drug-likeness (QED) is 0.531. The molecule has 0 fully saturated rings. The van der Waals surface area contributed by atoms with Crippen molar-refractivity contribution in [1.29, 1.82) is 0 Å². The van der Waals surface area contributed by atoms with Crippen molar-refractivity contribution in [1.82, 2.24) is 14.8 Å². The zero-order chi connectivity index (χ0) is 23.3. The number of anilines is 1. The summed E-state index contributed by atoms with van der Waals surface area (Å²) < 4.78 is 16.4. The molecule has 1 amide bonds. The lowest BCUT2D eigenvalue weighted by Gasteiger charge is -2.13. The van der Waals surface area contributed by atoms with Crippen LogP contribution in [0.25, 0.3) is 16.7 Å². The van der Waals surface area contributed by atoms with Crippen LogP contribution < -0.4 is 10.1 Å². The maximum atomic E-state index is 12.5. The Labute approximate surface area is 184 Å². The van der Waals surface area contributed by atoms with Gasteiger partial charge in [-0.25, -0.2) is 9.78 Å². The summed E-state index contributed by atoms with van der Waals surface area (Å²) in [6.07, 6.45) is 1.07. The fourth-order valence-corrected chi connectivity index (χ4v) is 3.16. The lowest BCUT2D eigenvalue weighted by Crippen LogP contribution is -2.19. The van der Waals surface area contributed by atoms with Crippen LogP contribution >= 0.6 is 0 Å². The molecule has 0 spiro atoms. The zero-order valence-electron chi connectivity index (χ0n) is 18.3. The Kier molecular flexibility index (Phi) is 7.04. The number of amides is 1. The minimum Gasteiger partial charge on any atom is -0.494 e. The van der Waals surface area contributed by atoms with Gasteiger partial charge in [-0.05, 0) is 31.5 Å². The number of hydrogen-bond acceptors (Lipinski definition) is 8. The molecule has 10 nitrogen and oxygen atoms in total. The highest BCUT2D eigenvalue weighted by Gasteiger charge is 2.23. The normalized spacial score (nSPS) is 10.6. The highest BCUT2D eigenvalue weighted by Crippen LogP contribution is 2.29. The Bertz CT molecular complexity index is 1170. The van der Waals surface area contributed by atoms with Crippen molar-refractivity contribution >= 4 is 34.6 Å². The highest BCUT2D eigenvalue weighted by molar-refractivity contribution is 6.01. The number of benzene rings is 1. The van der Waals surface area contributed by atoms with Gasteiger partial charge in [0.05, 0.1) is 33.4 Å². The molecule has 2 aromatic heterocycles. The molecule has 0 saturated carbocycles. The molecule has 3 aromatic rings. The third-order valence-electron chi connectivity index (χ3n) is 4.74. The predicted molar refractivity (Wildman–Crippen MR) is 116 cm³/mol. The molecular weight excluding hydrogens is 416 g/mol. The molecular formula is C22H24N4O6. The van der Waals surface area contributed by atoms with Gasteiger partial charge in [0.2, 0.25) is 5.91 Å². The third kappa shape index (κ3) is 4.69. The Morgan fingerprint density at radius 3 is 2.62 bits per heavy atom. The number of aryl methyl sites for hydroxylation is 1. The minimum absolute atomic E-state index is 0.0674. The second kappa shape index (κ2) is 9.90. The van der Waals surface area contributed by atoms with Gasteiger partial charge < -0.3 is 19.5 Å². The average molecular weight is 440 g/mol. The Hall–Kier alpha value is -3.95. The summed E-state index contributed by atoms with van der Waals surface area (Å²) in [6, 6.07) is 7.37. The van der Waals surface area contributed by atoms with Crippen molar-refractivity contribution in [2.45, 2.75) is 26.7 Å². The van der Waals surface area contributed by atoms with E-state index >= 15 is 0 Å². The number of hydrogen-bond donors (Lipinski definition) is 1. The van der Waals surface area contributed by atoms with Crippen molar-refractivity contribution < 1.29 is 28.6 Å². The molecule has 1 N–H and O–H groups in total. The number of esters is 2. The van der Waals surface area contributed by atoms with Crippen LogP contribution in [0.15, 0.2) is 30.5 Å². The number of rotatable bonds is 8. The molecule has 0 atom stereocenters. The van der Waals surface area contributed by atoms with E-state index in [0.29, 0.717) is 17.1 Å². The van der Waals surface area contributed by atoms with Crippen LogP contribution in [0.2, 0.25) is 0 Å². The number of carbonyl (C=O) groups is 3. The molecule has 0 bridgehead atoms. The number of fused-ring (bicyclic) bond motifs is 1. The largest absolute Gasteiger partial charge is 0.494 e. The van der Waals surface area contributed by atoms with Crippen LogP contribution in [0.5, 0.6) is 5.75 Å². The van der Waals surface area contributed by atoms with Crippen LogP contribution in [0.1, 0.15) is 35.7 Å². The first kappa shape index (κ1) is 22.7. The van der Waals surface area contributed by atoms with Crippen molar-refractivity contribution in [3.05, 3.63) is 41.6 Å². The lowest BCUT2D eigenvalue weighted by molar-refractivity contribution is -0.141. The zero-order valence-corrected chi connectivity index (χ0v) is 18.3. The van der Waals surface area contributed by atoms with Gasteiger partial charge in [0.1, 0.15) is 16.8 Å². The van der Waals surface area contributed by atoms with E-state index in [0.717, 1.165) is 10.9 Å². The van der Waals surface area contributed by atoms with E-state index in [4.69, 9.17) is 9.47 Å². The molecule has 1 aromatic carbocycles. The van der Waals surface area contributed by atoms with Gasteiger partial charge in [-0.3, -0.25) is 9.59 Å². The second-order valence-corrected chi connectivity index (χ2v) is 6.82. The van der Waals surface area contributed by atoms with E-state index in [1.54, 1.807) is 26.2 Å². The number of para-hydroxylation sites is 1. The summed E-state index contributed by atoms with van der Waals surface area (Å²) in [7, 11) is 2.80. The van der Waals surface area contributed by atoms with Gasteiger partial charge in [-0.1, -0.05) is 12.1 Å². The van der Waals surface area contributed by atoms with Crippen molar-refractivity contribution in [2.24, 2.45) is 0 Å². The first-order valence-corrected chi connectivity index (χ1v) is 9.96. The Balaban J connectivity index is 2.07. The van der Waals surface area contributed by atoms with Gasteiger partial charge in [0, 0.05) is 11.8 Å². The van der Waals surface area contributed by atoms with Crippen molar-refractivity contribution in [3.8, 4) is 11.6 Å². The molecule has 2 heterocycles. The van der Waals surface area contributed by atoms with Gasteiger partial charge in [0.25, 0.3) is 0 Å². The monoisotopic (exact) mass is 440 g/mol. The first-order chi connectivity index (χ1) is 15.4. The van der Waals surface area contributed by atoms with E-state index < -0.39 is 17.8 Å². The maximum Gasteiger partial charge on any atom is 0.343 e.